The van der Waals surface area contributed by atoms with E-state index < -0.39 is 17.7 Å². The lowest BCUT2D eigenvalue weighted by molar-refractivity contribution is -0.137. The summed E-state index contributed by atoms with van der Waals surface area (Å²) in [6, 6.07) is 15.7. The molecule has 0 bridgehead atoms. The molecule has 1 N–H and O–H groups in total. The van der Waals surface area contributed by atoms with E-state index in [1.165, 1.54) is 11.6 Å². The number of nitrogens with one attached hydrogen (secondary N) is 1. The number of piperazine rings is 1. The molecule has 0 aliphatic carbocycles. The third-order valence-electron chi connectivity index (χ3n) is 6.96. The lowest BCUT2D eigenvalue weighted by Gasteiger charge is -2.49. The molecule has 2 aromatic carbocycles. The van der Waals surface area contributed by atoms with Crippen LogP contribution in [0.4, 0.5) is 24.5 Å². The highest BCUT2D eigenvalue weighted by atomic mass is 19.4. The minimum atomic E-state index is -4.42. The van der Waals surface area contributed by atoms with Gasteiger partial charge >= 0.3 is 6.18 Å². The van der Waals surface area contributed by atoms with Crippen LogP contribution < -0.4 is 15.1 Å². The van der Waals surface area contributed by atoms with Crippen LogP contribution in [0.1, 0.15) is 22.3 Å². The zero-order chi connectivity index (χ0) is 24.6. The van der Waals surface area contributed by atoms with Crippen LogP contribution in [0.3, 0.4) is 0 Å². The SMILES string of the molecule is Cc1ccc(N2CCN3c4ccc(C(F)(F)F)cc4C[C@@H](C(=O)NCc4cccnc4)[C@@H]3C2)cc1. The summed E-state index contributed by atoms with van der Waals surface area (Å²) in [6.07, 6.45) is -0.797. The summed E-state index contributed by atoms with van der Waals surface area (Å²) >= 11 is 0. The highest BCUT2D eigenvalue weighted by Gasteiger charge is 2.42. The second-order valence-corrected chi connectivity index (χ2v) is 9.27. The van der Waals surface area contributed by atoms with Crippen molar-refractivity contribution in [3.63, 3.8) is 0 Å². The number of carbonyl (C=O) groups excluding carboxylic acids is 1. The van der Waals surface area contributed by atoms with Crippen LogP contribution in [-0.4, -0.2) is 36.6 Å². The molecule has 1 aromatic heterocycles. The standard InChI is InChI=1S/C27H27F3N4O/c1-18-4-7-22(8-5-18)33-11-12-34-24-9-6-21(27(28,29)30)13-20(24)14-23(25(34)17-33)26(35)32-16-19-3-2-10-31-15-19/h2-10,13,15,23,25H,11-12,14,16-17H2,1H3,(H,32,35)/t23-,25+/m1/s1. The number of nitrogens with zero attached hydrogens (tertiary/aromatic N) is 3. The molecule has 2 atom stereocenters. The molecule has 35 heavy (non-hydrogen) atoms. The molecule has 0 spiro atoms. The van der Waals surface area contributed by atoms with Crippen molar-refractivity contribution >= 4 is 17.3 Å². The molecule has 182 valence electrons. The van der Waals surface area contributed by atoms with E-state index in [9.17, 15) is 18.0 Å². The fraction of sp³-hybridized carbons (Fsp3) is 0.333. The Kier molecular flexibility index (Phi) is 6.13. The molecule has 1 fully saturated rings. The first-order valence-electron chi connectivity index (χ1n) is 11.7. The van der Waals surface area contributed by atoms with E-state index in [4.69, 9.17) is 0 Å². The van der Waals surface area contributed by atoms with E-state index in [2.05, 4.69) is 44.4 Å². The number of fused-ring (bicyclic) bond motifs is 3. The molecule has 1 amide bonds. The van der Waals surface area contributed by atoms with E-state index in [0.717, 1.165) is 29.5 Å². The number of hydrogen-bond donors (Lipinski definition) is 1. The minimum Gasteiger partial charge on any atom is -0.368 e. The first kappa shape index (κ1) is 23.2. The van der Waals surface area contributed by atoms with Gasteiger partial charge in [-0.15, -0.1) is 0 Å². The van der Waals surface area contributed by atoms with E-state index in [1.807, 2.05) is 13.0 Å². The average molecular weight is 481 g/mol. The second-order valence-electron chi connectivity index (χ2n) is 9.27. The van der Waals surface area contributed by atoms with Gasteiger partial charge in [-0.1, -0.05) is 23.8 Å². The Labute approximate surface area is 202 Å². The molecule has 0 saturated carbocycles. The van der Waals surface area contributed by atoms with Gasteiger partial charge in [-0.3, -0.25) is 9.78 Å². The molecular formula is C27H27F3N4O. The van der Waals surface area contributed by atoms with Crippen molar-refractivity contribution in [2.75, 3.05) is 29.4 Å². The highest BCUT2D eigenvalue weighted by Crippen LogP contribution is 2.40. The Morgan fingerprint density at radius 2 is 1.91 bits per heavy atom. The Hall–Kier alpha value is -3.55. The normalized spacial score (nSPS) is 19.7. The first-order chi connectivity index (χ1) is 16.8. The van der Waals surface area contributed by atoms with Gasteiger partial charge in [-0.25, -0.2) is 0 Å². The summed E-state index contributed by atoms with van der Waals surface area (Å²) in [5, 5.41) is 2.99. The Morgan fingerprint density at radius 3 is 2.63 bits per heavy atom. The van der Waals surface area contributed by atoms with Gasteiger partial charge in [0.1, 0.15) is 0 Å². The van der Waals surface area contributed by atoms with Gasteiger partial charge in [-0.05, 0) is 60.9 Å². The van der Waals surface area contributed by atoms with Crippen molar-refractivity contribution in [3.05, 3.63) is 89.2 Å². The van der Waals surface area contributed by atoms with Crippen molar-refractivity contribution < 1.29 is 18.0 Å². The Balaban J connectivity index is 1.44. The van der Waals surface area contributed by atoms with Gasteiger partial charge in [0.15, 0.2) is 0 Å². The largest absolute Gasteiger partial charge is 0.416 e. The molecule has 3 heterocycles. The predicted molar refractivity (Wildman–Crippen MR) is 129 cm³/mol. The summed E-state index contributed by atoms with van der Waals surface area (Å²) in [5.41, 5.74) is 3.82. The van der Waals surface area contributed by atoms with E-state index in [-0.39, 0.29) is 18.4 Å². The molecule has 3 aromatic rings. The number of alkyl halides is 3. The quantitative estimate of drug-likeness (QED) is 0.594. The number of rotatable bonds is 4. The molecule has 5 rings (SSSR count). The number of anilines is 2. The number of aryl methyl sites for hydroxylation is 1. The summed E-state index contributed by atoms with van der Waals surface area (Å²) in [7, 11) is 0. The zero-order valence-electron chi connectivity index (χ0n) is 19.4. The maximum Gasteiger partial charge on any atom is 0.416 e. The molecule has 0 unspecified atom stereocenters. The lowest BCUT2D eigenvalue weighted by atomic mass is 9.82. The number of aromatic nitrogens is 1. The summed E-state index contributed by atoms with van der Waals surface area (Å²) in [4.78, 5) is 21.9. The van der Waals surface area contributed by atoms with Crippen molar-refractivity contribution in [2.45, 2.75) is 32.1 Å². The van der Waals surface area contributed by atoms with Crippen LogP contribution in [0.15, 0.2) is 67.0 Å². The minimum absolute atomic E-state index is 0.150. The van der Waals surface area contributed by atoms with Crippen LogP contribution in [0.25, 0.3) is 0 Å². The van der Waals surface area contributed by atoms with Crippen molar-refractivity contribution in [1.29, 1.82) is 0 Å². The van der Waals surface area contributed by atoms with Crippen molar-refractivity contribution in [1.82, 2.24) is 10.3 Å². The Morgan fingerprint density at radius 1 is 1.11 bits per heavy atom. The van der Waals surface area contributed by atoms with Gasteiger partial charge in [-0.2, -0.15) is 13.2 Å². The van der Waals surface area contributed by atoms with Gasteiger partial charge in [0.05, 0.1) is 17.5 Å². The van der Waals surface area contributed by atoms with E-state index in [1.54, 1.807) is 24.5 Å². The zero-order valence-corrected chi connectivity index (χ0v) is 19.4. The molecule has 2 aliphatic rings. The van der Waals surface area contributed by atoms with E-state index in [0.29, 0.717) is 25.2 Å². The molecule has 0 radical (unpaired) electrons. The number of amides is 1. The molecule has 1 saturated heterocycles. The number of carbonyl (C=O) groups is 1. The van der Waals surface area contributed by atoms with Crippen LogP contribution in [0, 0.1) is 12.8 Å². The molecular weight excluding hydrogens is 453 g/mol. The summed E-state index contributed by atoms with van der Waals surface area (Å²) in [5.74, 6) is -0.631. The molecule has 2 aliphatic heterocycles. The van der Waals surface area contributed by atoms with Crippen LogP contribution in [0.5, 0.6) is 0 Å². The van der Waals surface area contributed by atoms with Gasteiger partial charge in [0, 0.05) is 49.9 Å². The maximum absolute atomic E-state index is 13.4. The average Bonchev–Trinajstić information content (AvgIpc) is 2.86. The monoisotopic (exact) mass is 480 g/mol. The van der Waals surface area contributed by atoms with Gasteiger partial charge in [0.25, 0.3) is 0 Å². The smallest absolute Gasteiger partial charge is 0.368 e. The number of hydrogen-bond acceptors (Lipinski definition) is 4. The predicted octanol–water partition coefficient (Wildman–Crippen LogP) is 4.59. The number of benzene rings is 2. The third kappa shape index (κ3) is 4.83. The van der Waals surface area contributed by atoms with Gasteiger partial charge in [0.2, 0.25) is 5.91 Å². The van der Waals surface area contributed by atoms with E-state index >= 15 is 0 Å². The number of halogens is 3. The van der Waals surface area contributed by atoms with Crippen LogP contribution in [0.2, 0.25) is 0 Å². The molecule has 8 heteroatoms. The summed E-state index contributed by atoms with van der Waals surface area (Å²) in [6.45, 7) is 4.34. The van der Waals surface area contributed by atoms with Gasteiger partial charge < -0.3 is 15.1 Å². The van der Waals surface area contributed by atoms with Crippen LogP contribution >= 0.6 is 0 Å². The molecule has 5 nitrogen and oxygen atoms in total. The van der Waals surface area contributed by atoms with Crippen molar-refractivity contribution in [3.8, 4) is 0 Å². The highest BCUT2D eigenvalue weighted by molar-refractivity contribution is 5.82. The summed E-state index contributed by atoms with van der Waals surface area (Å²) < 4.78 is 40.3. The maximum atomic E-state index is 13.4. The third-order valence-corrected chi connectivity index (χ3v) is 6.96. The number of pyridine rings is 1. The van der Waals surface area contributed by atoms with Crippen molar-refractivity contribution in [2.24, 2.45) is 5.92 Å². The fourth-order valence-electron chi connectivity index (χ4n) is 5.11. The second kappa shape index (κ2) is 9.24. The Bertz CT molecular complexity index is 1200. The van der Waals surface area contributed by atoms with Crippen LogP contribution in [-0.2, 0) is 23.9 Å². The topological polar surface area (TPSA) is 48.5 Å². The first-order valence-corrected chi connectivity index (χ1v) is 11.7. The lowest BCUT2D eigenvalue weighted by Crippen LogP contribution is -2.61. The fourth-order valence-corrected chi connectivity index (χ4v) is 5.11.